The highest BCUT2D eigenvalue weighted by Gasteiger charge is 2.07. The first kappa shape index (κ1) is 25.7. The highest BCUT2D eigenvalue weighted by Crippen LogP contribution is 2.18. The average molecular weight is 416 g/mol. The fourth-order valence-corrected chi connectivity index (χ4v) is 2.05. The maximum atomic E-state index is 11.0. The molecule has 10 heteroatoms. The molecule has 1 aromatic rings. The van der Waals surface area contributed by atoms with Crippen molar-refractivity contribution in [2.75, 3.05) is 38.6 Å². The van der Waals surface area contributed by atoms with Crippen LogP contribution in [0, 0.1) is 10.1 Å². The molecule has 9 nitrogen and oxygen atoms in total. The molecule has 1 amide bonds. The van der Waals surface area contributed by atoms with Crippen molar-refractivity contribution in [1.82, 2.24) is 10.6 Å². The monoisotopic (exact) mass is 415 g/mol. The number of amides is 1. The Labute approximate surface area is 170 Å². The van der Waals surface area contributed by atoms with Gasteiger partial charge in [0.25, 0.3) is 5.09 Å². The first-order valence-electron chi connectivity index (χ1n) is 8.79. The minimum atomic E-state index is -0.819. The van der Waals surface area contributed by atoms with Crippen LogP contribution in [0.25, 0.3) is 0 Å². The summed E-state index contributed by atoms with van der Waals surface area (Å²) in [5, 5.41) is 24.0. The van der Waals surface area contributed by atoms with E-state index in [9.17, 15) is 20.0 Å². The van der Waals surface area contributed by atoms with Gasteiger partial charge in [0, 0.05) is 19.6 Å². The minimum Gasteiger partial charge on any atom is -0.491 e. The molecule has 0 saturated heterocycles. The number of carbonyl (C=O) groups excluding carboxylic acids is 1. The highest BCUT2D eigenvalue weighted by atomic mass is 32.1. The van der Waals surface area contributed by atoms with Crippen molar-refractivity contribution < 1.29 is 24.6 Å². The summed E-state index contributed by atoms with van der Waals surface area (Å²) in [4.78, 5) is 23.9. The molecule has 0 heterocycles. The maximum Gasteiger partial charge on any atom is 0.294 e. The molecule has 0 aromatic heterocycles. The first-order chi connectivity index (χ1) is 13.4. The van der Waals surface area contributed by atoms with E-state index in [4.69, 9.17) is 4.74 Å². The standard InChI is InChI=1S/C16H24N2O3S.C2H5NO3/c1-2-5-13-6-3-4-7-15(13)21-11-14(19)10-17-8-9-18-16(20)12-22;1-2-6-3(4)5/h2-4,6-7,14,17,19,22H,1,5,8-12H2,(H,18,20);2H2,1H3. The Morgan fingerprint density at radius 1 is 1.43 bits per heavy atom. The van der Waals surface area contributed by atoms with Crippen molar-refractivity contribution in [2.45, 2.75) is 19.4 Å². The number of thiol groups is 1. The number of ether oxygens (including phenoxy) is 1. The number of para-hydroxylation sites is 1. The van der Waals surface area contributed by atoms with E-state index in [0.717, 1.165) is 17.7 Å². The summed E-state index contributed by atoms with van der Waals surface area (Å²) in [6.07, 6.45) is 1.94. The predicted octanol–water partition coefficient (Wildman–Crippen LogP) is 1.01. The SMILES string of the molecule is C=CCc1ccccc1OCC(O)CNCCNC(=O)CS.CCO[N+](=O)[O-]. The third kappa shape index (κ3) is 13.8. The van der Waals surface area contributed by atoms with Crippen molar-refractivity contribution in [3.05, 3.63) is 52.6 Å². The van der Waals surface area contributed by atoms with Crippen molar-refractivity contribution in [3.63, 3.8) is 0 Å². The molecule has 0 saturated carbocycles. The molecule has 0 fully saturated rings. The zero-order valence-electron chi connectivity index (χ0n) is 16.0. The van der Waals surface area contributed by atoms with Crippen LogP contribution in [0.2, 0.25) is 0 Å². The lowest BCUT2D eigenvalue weighted by molar-refractivity contribution is -0.756. The molecule has 28 heavy (non-hydrogen) atoms. The third-order valence-electron chi connectivity index (χ3n) is 3.15. The largest absolute Gasteiger partial charge is 0.491 e. The van der Waals surface area contributed by atoms with Gasteiger partial charge < -0.3 is 25.3 Å². The number of aliphatic hydroxyl groups is 1. The summed E-state index contributed by atoms with van der Waals surface area (Å²) in [6.45, 7) is 7.12. The molecule has 1 atom stereocenters. The quantitative estimate of drug-likeness (QED) is 0.125. The zero-order valence-corrected chi connectivity index (χ0v) is 16.9. The van der Waals surface area contributed by atoms with Gasteiger partial charge >= 0.3 is 0 Å². The van der Waals surface area contributed by atoms with Crippen LogP contribution < -0.4 is 15.4 Å². The molecule has 0 spiro atoms. The Balaban J connectivity index is 0.00000105. The number of carbonyl (C=O) groups is 1. The number of hydrogen-bond donors (Lipinski definition) is 4. The van der Waals surface area contributed by atoms with Gasteiger partial charge in [-0.2, -0.15) is 12.6 Å². The summed E-state index contributed by atoms with van der Waals surface area (Å²) >= 11 is 3.86. The van der Waals surface area contributed by atoms with Crippen molar-refractivity contribution >= 4 is 18.5 Å². The molecule has 0 aliphatic rings. The van der Waals surface area contributed by atoms with E-state index in [1.165, 1.54) is 0 Å². The van der Waals surface area contributed by atoms with Gasteiger partial charge in [-0.25, -0.2) is 0 Å². The molecule has 1 aromatic carbocycles. The lowest BCUT2D eigenvalue weighted by atomic mass is 10.1. The molecule has 0 aliphatic carbocycles. The smallest absolute Gasteiger partial charge is 0.294 e. The Morgan fingerprint density at radius 2 is 2.14 bits per heavy atom. The van der Waals surface area contributed by atoms with Crippen LogP contribution in [-0.4, -0.2) is 60.8 Å². The fourth-order valence-electron chi connectivity index (χ4n) is 1.93. The minimum absolute atomic E-state index is 0.104. The Morgan fingerprint density at radius 3 is 2.71 bits per heavy atom. The number of rotatable bonds is 13. The third-order valence-corrected chi connectivity index (χ3v) is 3.44. The van der Waals surface area contributed by atoms with Gasteiger partial charge in [0.05, 0.1) is 12.4 Å². The van der Waals surface area contributed by atoms with Gasteiger partial charge in [-0.3, -0.25) is 4.79 Å². The molecule has 1 unspecified atom stereocenters. The predicted molar refractivity (Wildman–Crippen MR) is 110 cm³/mol. The number of benzene rings is 1. The lowest BCUT2D eigenvalue weighted by Crippen LogP contribution is -2.37. The van der Waals surface area contributed by atoms with Crippen molar-refractivity contribution in [2.24, 2.45) is 0 Å². The van der Waals surface area contributed by atoms with Crippen LogP contribution in [0.1, 0.15) is 12.5 Å². The average Bonchev–Trinajstić information content (AvgIpc) is 2.67. The highest BCUT2D eigenvalue weighted by molar-refractivity contribution is 7.81. The van der Waals surface area contributed by atoms with Crippen molar-refractivity contribution in [1.29, 1.82) is 0 Å². The van der Waals surface area contributed by atoms with E-state index < -0.39 is 11.2 Å². The summed E-state index contributed by atoms with van der Waals surface area (Å²) in [6, 6.07) is 7.71. The van der Waals surface area contributed by atoms with Gasteiger partial charge in [-0.05, 0) is 25.0 Å². The second-order valence-electron chi connectivity index (χ2n) is 5.42. The molecular weight excluding hydrogens is 386 g/mol. The Kier molecular flexibility index (Phi) is 15.5. The number of allylic oxidation sites excluding steroid dienone is 1. The molecule has 158 valence electrons. The van der Waals surface area contributed by atoms with E-state index in [1.807, 2.05) is 30.3 Å². The van der Waals surface area contributed by atoms with Crippen LogP contribution in [0.15, 0.2) is 36.9 Å². The lowest BCUT2D eigenvalue weighted by Gasteiger charge is -2.15. The summed E-state index contributed by atoms with van der Waals surface area (Å²) < 4.78 is 5.65. The topological polar surface area (TPSA) is 123 Å². The number of aliphatic hydroxyl groups excluding tert-OH is 1. The second-order valence-corrected chi connectivity index (χ2v) is 5.74. The normalized spacial score (nSPS) is 10.8. The van der Waals surface area contributed by atoms with Gasteiger partial charge in [-0.15, -0.1) is 16.7 Å². The molecule has 1 rings (SSSR count). The molecular formula is C18H29N3O6S. The number of nitrogens with zero attached hydrogens (tertiary/aromatic N) is 1. The summed E-state index contributed by atoms with van der Waals surface area (Å²) in [5.74, 6) is 0.843. The van der Waals surface area contributed by atoms with Crippen LogP contribution in [-0.2, 0) is 16.1 Å². The van der Waals surface area contributed by atoms with Crippen LogP contribution >= 0.6 is 12.6 Å². The van der Waals surface area contributed by atoms with Gasteiger partial charge in [-0.1, -0.05) is 24.3 Å². The number of hydrogen-bond acceptors (Lipinski definition) is 8. The zero-order chi connectivity index (χ0) is 21.2. The maximum absolute atomic E-state index is 11.0. The van der Waals surface area contributed by atoms with E-state index in [1.54, 1.807) is 6.92 Å². The molecule has 0 aliphatic heterocycles. The second kappa shape index (κ2) is 16.8. The molecule has 3 N–H and O–H groups in total. The van der Waals surface area contributed by atoms with E-state index >= 15 is 0 Å². The van der Waals surface area contributed by atoms with Crippen LogP contribution in [0.5, 0.6) is 5.75 Å². The first-order valence-corrected chi connectivity index (χ1v) is 9.43. The van der Waals surface area contributed by atoms with E-state index in [-0.39, 0.29) is 24.9 Å². The molecule has 0 radical (unpaired) electrons. The van der Waals surface area contributed by atoms with Crippen LogP contribution in [0.3, 0.4) is 0 Å². The van der Waals surface area contributed by atoms with Gasteiger partial charge in [0.2, 0.25) is 5.91 Å². The Bertz CT molecular complexity index is 588. The van der Waals surface area contributed by atoms with Gasteiger partial charge in [0.1, 0.15) is 18.5 Å². The fraction of sp³-hybridized carbons (Fsp3) is 0.500. The Hall–Kier alpha value is -2.30. The number of nitrogens with one attached hydrogen (secondary N) is 2. The van der Waals surface area contributed by atoms with E-state index in [2.05, 4.69) is 34.7 Å². The van der Waals surface area contributed by atoms with E-state index in [0.29, 0.717) is 19.6 Å². The van der Waals surface area contributed by atoms with Crippen LogP contribution in [0.4, 0.5) is 0 Å². The van der Waals surface area contributed by atoms with Gasteiger partial charge in [0.15, 0.2) is 0 Å². The molecule has 0 bridgehead atoms. The summed E-state index contributed by atoms with van der Waals surface area (Å²) in [7, 11) is 0. The van der Waals surface area contributed by atoms with Crippen molar-refractivity contribution in [3.8, 4) is 5.75 Å². The summed E-state index contributed by atoms with van der Waals surface area (Å²) in [5.41, 5.74) is 1.05.